The first-order valence-electron chi connectivity index (χ1n) is 6.37. The fraction of sp³-hybridized carbons (Fsp3) is 0.462. The second-order valence-electron chi connectivity index (χ2n) is 5.04. The van der Waals surface area contributed by atoms with Crippen molar-refractivity contribution in [2.75, 3.05) is 19.7 Å². The maximum Gasteiger partial charge on any atom is 0.243 e. The van der Waals surface area contributed by atoms with Gasteiger partial charge < -0.3 is 10.8 Å². The molecular formula is C13H18N2O3S2. The second-order valence-corrected chi connectivity index (χ2v) is 7.42. The highest BCUT2D eigenvalue weighted by molar-refractivity contribution is 7.89. The summed E-state index contributed by atoms with van der Waals surface area (Å²) < 4.78 is 26.4. The molecule has 20 heavy (non-hydrogen) atoms. The fourth-order valence-corrected chi connectivity index (χ4v) is 4.23. The van der Waals surface area contributed by atoms with E-state index in [0.29, 0.717) is 25.1 Å². The minimum Gasteiger partial charge on any atom is -0.396 e. The number of aryl methyl sites for hydroxylation is 1. The molecule has 1 heterocycles. The largest absolute Gasteiger partial charge is 0.396 e. The molecule has 7 heteroatoms. The van der Waals surface area contributed by atoms with Crippen LogP contribution in [0.5, 0.6) is 0 Å². The van der Waals surface area contributed by atoms with Crippen molar-refractivity contribution in [1.82, 2.24) is 4.31 Å². The Labute approximate surface area is 124 Å². The molecule has 1 unspecified atom stereocenters. The Kier molecular flexibility index (Phi) is 4.43. The van der Waals surface area contributed by atoms with E-state index in [4.69, 9.17) is 23.1 Å². The van der Waals surface area contributed by atoms with E-state index in [1.165, 1.54) is 10.4 Å². The van der Waals surface area contributed by atoms with Gasteiger partial charge in [0.1, 0.15) is 4.99 Å². The van der Waals surface area contributed by atoms with Gasteiger partial charge in [-0.25, -0.2) is 8.42 Å². The Morgan fingerprint density at radius 3 is 2.75 bits per heavy atom. The van der Waals surface area contributed by atoms with E-state index in [-0.39, 0.29) is 22.4 Å². The number of nitrogens with zero attached hydrogens (tertiary/aromatic N) is 1. The summed E-state index contributed by atoms with van der Waals surface area (Å²) in [4.78, 5) is 0.501. The molecule has 110 valence electrons. The molecule has 0 aliphatic carbocycles. The van der Waals surface area contributed by atoms with Crippen molar-refractivity contribution in [2.24, 2.45) is 11.7 Å². The average Bonchev–Trinajstić information content (AvgIpc) is 2.87. The van der Waals surface area contributed by atoms with Crippen LogP contribution in [0.4, 0.5) is 0 Å². The first kappa shape index (κ1) is 15.4. The molecule has 1 aliphatic heterocycles. The highest BCUT2D eigenvalue weighted by atomic mass is 32.2. The van der Waals surface area contributed by atoms with Crippen molar-refractivity contribution in [3.63, 3.8) is 0 Å². The summed E-state index contributed by atoms with van der Waals surface area (Å²) in [6.45, 7) is 2.62. The minimum absolute atomic E-state index is 0.0193. The third kappa shape index (κ3) is 2.85. The van der Waals surface area contributed by atoms with Crippen LogP contribution in [0.15, 0.2) is 23.1 Å². The Morgan fingerprint density at radius 1 is 1.55 bits per heavy atom. The zero-order valence-corrected chi connectivity index (χ0v) is 12.9. The molecule has 1 aliphatic rings. The lowest BCUT2D eigenvalue weighted by atomic mass is 10.1. The van der Waals surface area contributed by atoms with E-state index in [2.05, 4.69) is 0 Å². The van der Waals surface area contributed by atoms with E-state index in [1.54, 1.807) is 19.1 Å². The number of sulfonamides is 1. The quantitative estimate of drug-likeness (QED) is 0.797. The van der Waals surface area contributed by atoms with Crippen LogP contribution in [0.25, 0.3) is 0 Å². The lowest BCUT2D eigenvalue weighted by Gasteiger charge is -2.17. The summed E-state index contributed by atoms with van der Waals surface area (Å²) >= 11 is 4.91. The van der Waals surface area contributed by atoms with Gasteiger partial charge in [-0.1, -0.05) is 18.3 Å². The molecule has 0 amide bonds. The van der Waals surface area contributed by atoms with E-state index in [0.717, 1.165) is 5.56 Å². The van der Waals surface area contributed by atoms with Crippen molar-refractivity contribution >= 4 is 27.2 Å². The Bertz CT molecular complexity index is 629. The van der Waals surface area contributed by atoms with Crippen LogP contribution in [0, 0.1) is 12.8 Å². The van der Waals surface area contributed by atoms with Gasteiger partial charge in [0, 0.05) is 25.3 Å². The summed E-state index contributed by atoms with van der Waals surface area (Å²) in [6, 6.07) is 4.77. The van der Waals surface area contributed by atoms with Gasteiger partial charge in [0.05, 0.1) is 4.90 Å². The molecule has 1 aromatic rings. The smallest absolute Gasteiger partial charge is 0.243 e. The van der Waals surface area contributed by atoms with Gasteiger partial charge in [-0.15, -0.1) is 0 Å². The number of rotatable bonds is 4. The van der Waals surface area contributed by atoms with Crippen molar-refractivity contribution in [3.8, 4) is 0 Å². The Hall–Kier alpha value is -1.02. The van der Waals surface area contributed by atoms with E-state index < -0.39 is 10.0 Å². The van der Waals surface area contributed by atoms with E-state index >= 15 is 0 Å². The molecule has 1 aromatic carbocycles. The van der Waals surface area contributed by atoms with Gasteiger partial charge in [0.25, 0.3) is 0 Å². The molecule has 0 spiro atoms. The van der Waals surface area contributed by atoms with Crippen LogP contribution in [-0.4, -0.2) is 42.5 Å². The maximum atomic E-state index is 12.5. The summed E-state index contributed by atoms with van der Waals surface area (Å²) in [7, 11) is -3.51. The number of hydrogen-bond acceptors (Lipinski definition) is 4. The second kappa shape index (κ2) is 5.77. The lowest BCUT2D eigenvalue weighted by molar-refractivity contribution is 0.233. The van der Waals surface area contributed by atoms with Gasteiger partial charge in [-0.2, -0.15) is 4.31 Å². The number of benzene rings is 1. The standard InChI is InChI=1S/C13H18N2O3S2/c1-9-6-11(2-3-12(9)13(14)19)20(17,18)15-5-4-10(7-15)8-16/h2-3,6,10,16H,4-5,7-8H2,1H3,(H2,14,19). The first-order chi connectivity index (χ1) is 9.36. The highest BCUT2D eigenvalue weighted by Gasteiger charge is 2.32. The molecule has 2 rings (SSSR count). The zero-order chi connectivity index (χ0) is 14.9. The molecule has 3 N–H and O–H groups in total. The van der Waals surface area contributed by atoms with Crippen LogP contribution < -0.4 is 5.73 Å². The summed E-state index contributed by atoms with van der Waals surface area (Å²) in [5.74, 6) is 0.0294. The van der Waals surface area contributed by atoms with Crippen LogP contribution >= 0.6 is 12.2 Å². The van der Waals surface area contributed by atoms with Gasteiger partial charge in [0.2, 0.25) is 10.0 Å². The van der Waals surface area contributed by atoms with Crippen LogP contribution in [0.2, 0.25) is 0 Å². The maximum absolute atomic E-state index is 12.5. The molecular weight excluding hydrogens is 296 g/mol. The third-order valence-corrected chi connectivity index (χ3v) is 5.69. The van der Waals surface area contributed by atoms with Crippen LogP contribution in [0.1, 0.15) is 17.5 Å². The summed E-state index contributed by atoms with van der Waals surface area (Å²) in [6.07, 6.45) is 0.694. The zero-order valence-electron chi connectivity index (χ0n) is 11.2. The fourth-order valence-electron chi connectivity index (χ4n) is 2.39. The normalized spacial score (nSPS) is 20.2. The molecule has 1 saturated heterocycles. The lowest BCUT2D eigenvalue weighted by Crippen LogP contribution is -2.29. The van der Waals surface area contributed by atoms with Gasteiger partial charge >= 0.3 is 0 Å². The van der Waals surface area contributed by atoms with E-state index in [9.17, 15) is 8.42 Å². The molecule has 0 bridgehead atoms. The van der Waals surface area contributed by atoms with Crippen molar-refractivity contribution < 1.29 is 13.5 Å². The van der Waals surface area contributed by atoms with Gasteiger partial charge in [-0.3, -0.25) is 0 Å². The number of hydrogen-bond donors (Lipinski definition) is 2. The van der Waals surface area contributed by atoms with Crippen LogP contribution in [-0.2, 0) is 10.0 Å². The monoisotopic (exact) mass is 314 g/mol. The predicted molar refractivity (Wildman–Crippen MR) is 81.0 cm³/mol. The summed E-state index contributed by atoms with van der Waals surface area (Å²) in [5.41, 5.74) is 7.01. The van der Waals surface area contributed by atoms with Crippen molar-refractivity contribution in [3.05, 3.63) is 29.3 Å². The predicted octanol–water partition coefficient (Wildman–Crippen LogP) is 0.632. The van der Waals surface area contributed by atoms with Gasteiger partial charge in [0.15, 0.2) is 0 Å². The third-order valence-electron chi connectivity index (χ3n) is 3.61. The van der Waals surface area contributed by atoms with Gasteiger partial charge in [-0.05, 0) is 37.0 Å². The van der Waals surface area contributed by atoms with E-state index in [1.807, 2.05) is 0 Å². The summed E-state index contributed by atoms with van der Waals surface area (Å²) in [5, 5.41) is 9.11. The van der Waals surface area contributed by atoms with Crippen molar-refractivity contribution in [1.29, 1.82) is 0 Å². The molecule has 0 saturated carbocycles. The topological polar surface area (TPSA) is 83.6 Å². The Morgan fingerprint density at radius 2 is 2.25 bits per heavy atom. The average molecular weight is 314 g/mol. The Balaban J connectivity index is 2.31. The number of thiocarbonyl (C=S) groups is 1. The molecule has 0 radical (unpaired) electrons. The molecule has 0 aromatic heterocycles. The number of aliphatic hydroxyl groups is 1. The number of aliphatic hydroxyl groups excluding tert-OH is 1. The minimum atomic E-state index is -3.51. The molecule has 1 fully saturated rings. The highest BCUT2D eigenvalue weighted by Crippen LogP contribution is 2.25. The first-order valence-corrected chi connectivity index (χ1v) is 8.22. The van der Waals surface area contributed by atoms with Crippen LogP contribution in [0.3, 0.4) is 0 Å². The molecule has 5 nitrogen and oxygen atoms in total. The number of nitrogens with two attached hydrogens (primary N) is 1. The van der Waals surface area contributed by atoms with Crippen molar-refractivity contribution in [2.45, 2.75) is 18.2 Å². The molecule has 1 atom stereocenters. The SMILES string of the molecule is Cc1cc(S(=O)(=O)N2CCC(CO)C2)ccc1C(N)=S.